The van der Waals surface area contributed by atoms with E-state index >= 15 is 0 Å². The average Bonchev–Trinajstić information content (AvgIpc) is 2.67. The van der Waals surface area contributed by atoms with Gasteiger partial charge in [0.1, 0.15) is 0 Å². The van der Waals surface area contributed by atoms with Crippen LogP contribution in [0.3, 0.4) is 0 Å². The van der Waals surface area contributed by atoms with Crippen molar-refractivity contribution in [1.82, 2.24) is 10.6 Å². The minimum Gasteiger partial charge on any atom is -0.320 e. The molecular weight excluding hydrogens is 136 g/mol. The fourth-order valence-electron chi connectivity index (χ4n) is 1.32. The van der Waals surface area contributed by atoms with Crippen molar-refractivity contribution in [2.75, 3.05) is 20.1 Å². The van der Waals surface area contributed by atoms with Crippen molar-refractivity contribution in [3.63, 3.8) is 0 Å². The first kappa shape index (κ1) is 9.01. The van der Waals surface area contributed by atoms with Gasteiger partial charge in [-0.1, -0.05) is 6.92 Å². The maximum absolute atomic E-state index is 3.54. The first-order chi connectivity index (χ1) is 5.34. The van der Waals surface area contributed by atoms with Gasteiger partial charge in [-0.05, 0) is 45.3 Å². The van der Waals surface area contributed by atoms with Crippen molar-refractivity contribution in [1.29, 1.82) is 0 Å². The molecule has 2 N–H and O–H groups in total. The number of nitrogens with one attached hydrogen (secondary N) is 2. The van der Waals surface area contributed by atoms with Crippen molar-refractivity contribution in [3.05, 3.63) is 0 Å². The van der Waals surface area contributed by atoms with E-state index < -0.39 is 0 Å². The molecule has 0 aliphatic heterocycles. The zero-order valence-corrected chi connectivity index (χ0v) is 7.69. The molecule has 1 aliphatic carbocycles. The molecule has 2 atom stereocenters. The van der Waals surface area contributed by atoms with Crippen molar-refractivity contribution >= 4 is 0 Å². The van der Waals surface area contributed by atoms with Crippen LogP contribution in [0, 0.1) is 5.92 Å². The number of unbranched alkanes of at least 4 members (excludes halogenated alkanes) is 1. The van der Waals surface area contributed by atoms with Gasteiger partial charge in [-0.15, -0.1) is 0 Å². The molecule has 1 aliphatic rings. The summed E-state index contributed by atoms with van der Waals surface area (Å²) in [5.41, 5.74) is 0. The second-order valence-electron chi connectivity index (χ2n) is 3.58. The molecule has 1 saturated carbocycles. The smallest absolute Gasteiger partial charge is 0.00963 e. The molecule has 2 unspecified atom stereocenters. The van der Waals surface area contributed by atoms with Crippen molar-refractivity contribution in [3.8, 4) is 0 Å². The van der Waals surface area contributed by atoms with Crippen molar-refractivity contribution in [2.24, 2.45) is 5.92 Å². The second-order valence-corrected chi connectivity index (χ2v) is 3.58. The van der Waals surface area contributed by atoms with Gasteiger partial charge in [-0.2, -0.15) is 0 Å². The zero-order valence-electron chi connectivity index (χ0n) is 7.69. The topological polar surface area (TPSA) is 24.1 Å². The van der Waals surface area contributed by atoms with Gasteiger partial charge in [0, 0.05) is 6.04 Å². The van der Waals surface area contributed by atoms with E-state index in [2.05, 4.69) is 17.6 Å². The summed E-state index contributed by atoms with van der Waals surface area (Å²) in [4.78, 5) is 0. The monoisotopic (exact) mass is 156 g/mol. The quantitative estimate of drug-likeness (QED) is 0.560. The van der Waals surface area contributed by atoms with Crippen LogP contribution in [0.1, 0.15) is 26.2 Å². The summed E-state index contributed by atoms with van der Waals surface area (Å²) < 4.78 is 0. The van der Waals surface area contributed by atoms with Crippen LogP contribution in [0.25, 0.3) is 0 Å². The predicted molar refractivity (Wildman–Crippen MR) is 48.7 cm³/mol. The van der Waals surface area contributed by atoms with Crippen LogP contribution in [0.5, 0.6) is 0 Å². The van der Waals surface area contributed by atoms with E-state index in [0.29, 0.717) is 0 Å². The van der Waals surface area contributed by atoms with Crippen molar-refractivity contribution < 1.29 is 0 Å². The summed E-state index contributed by atoms with van der Waals surface area (Å²) in [6, 6.07) is 0.851. The van der Waals surface area contributed by atoms with Gasteiger partial charge in [0.25, 0.3) is 0 Å². The molecule has 0 amide bonds. The summed E-state index contributed by atoms with van der Waals surface area (Å²) in [5, 5.41) is 6.69. The molecule has 0 aromatic carbocycles. The van der Waals surface area contributed by atoms with E-state index in [1.165, 1.54) is 25.8 Å². The molecule has 0 saturated heterocycles. The molecule has 1 rings (SSSR count). The van der Waals surface area contributed by atoms with Crippen LogP contribution >= 0.6 is 0 Å². The molecule has 0 bridgehead atoms. The van der Waals surface area contributed by atoms with Gasteiger partial charge in [-0.3, -0.25) is 0 Å². The Kier molecular flexibility index (Phi) is 3.87. The third kappa shape index (κ3) is 3.73. The largest absolute Gasteiger partial charge is 0.320 e. The molecule has 2 nitrogen and oxygen atoms in total. The van der Waals surface area contributed by atoms with Gasteiger partial charge in [0.15, 0.2) is 0 Å². The number of rotatable bonds is 6. The minimum atomic E-state index is 0.851. The van der Waals surface area contributed by atoms with E-state index in [4.69, 9.17) is 0 Å². The van der Waals surface area contributed by atoms with Gasteiger partial charge >= 0.3 is 0 Å². The number of hydrogen-bond acceptors (Lipinski definition) is 2. The Labute approximate surface area is 69.8 Å². The minimum absolute atomic E-state index is 0.851. The molecule has 0 radical (unpaired) electrons. The second kappa shape index (κ2) is 4.73. The number of hydrogen-bond donors (Lipinski definition) is 2. The van der Waals surface area contributed by atoms with Crippen LogP contribution in [0.4, 0.5) is 0 Å². The Hall–Kier alpha value is -0.0800. The van der Waals surface area contributed by atoms with Gasteiger partial charge in [-0.25, -0.2) is 0 Å². The summed E-state index contributed by atoms with van der Waals surface area (Å²) in [6.45, 7) is 4.67. The first-order valence-electron chi connectivity index (χ1n) is 4.72. The van der Waals surface area contributed by atoms with Gasteiger partial charge in [0.05, 0.1) is 0 Å². The fraction of sp³-hybridized carbons (Fsp3) is 1.00. The Morgan fingerprint density at radius 2 is 1.91 bits per heavy atom. The molecule has 11 heavy (non-hydrogen) atoms. The lowest BCUT2D eigenvalue weighted by Gasteiger charge is -2.02. The Morgan fingerprint density at radius 3 is 2.45 bits per heavy atom. The van der Waals surface area contributed by atoms with Gasteiger partial charge in [0.2, 0.25) is 0 Å². The lowest BCUT2D eigenvalue weighted by molar-refractivity contribution is 0.589. The van der Waals surface area contributed by atoms with Crippen molar-refractivity contribution in [2.45, 2.75) is 32.2 Å². The van der Waals surface area contributed by atoms with Crippen LogP contribution in [-0.2, 0) is 0 Å². The van der Waals surface area contributed by atoms with Crippen LogP contribution < -0.4 is 10.6 Å². The predicted octanol–water partition coefficient (Wildman–Crippen LogP) is 0.984. The molecular formula is C9H20N2. The highest BCUT2D eigenvalue weighted by Crippen LogP contribution is 2.28. The summed E-state index contributed by atoms with van der Waals surface area (Å²) >= 11 is 0. The van der Waals surface area contributed by atoms with E-state index in [1.54, 1.807) is 0 Å². The molecule has 66 valence electrons. The first-order valence-corrected chi connectivity index (χ1v) is 4.72. The van der Waals surface area contributed by atoms with Crippen LogP contribution in [0.2, 0.25) is 0 Å². The lowest BCUT2D eigenvalue weighted by atomic mass is 10.3. The summed E-state index contributed by atoms with van der Waals surface area (Å²) in [6.07, 6.45) is 4.00. The standard InChI is InChI=1S/C9H20N2/c1-8-7-9(8)11-6-4-3-5-10-2/h8-11H,3-7H2,1-2H3. The highest BCUT2D eigenvalue weighted by Gasteiger charge is 2.31. The van der Waals surface area contributed by atoms with E-state index in [1.807, 2.05) is 7.05 Å². The van der Waals surface area contributed by atoms with Crippen LogP contribution in [-0.4, -0.2) is 26.2 Å². The fourth-order valence-corrected chi connectivity index (χ4v) is 1.32. The lowest BCUT2D eigenvalue weighted by Crippen LogP contribution is -2.20. The molecule has 2 heteroatoms. The molecule has 0 aromatic rings. The van der Waals surface area contributed by atoms with E-state index in [9.17, 15) is 0 Å². The maximum Gasteiger partial charge on any atom is 0.00963 e. The SMILES string of the molecule is CNCCCCNC1CC1C. The summed E-state index contributed by atoms with van der Waals surface area (Å²) in [7, 11) is 2.01. The van der Waals surface area contributed by atoms with Crippen LogP contribution in [0.15, 0.2) is 0 Å². The highest BCUT2D eigenvalue weighted by atomic mass is 15.0. The normalized spacial score (nSPS) is 28.9. The Balaban J connectivity index is 1.74. The zero-order chi connectivity index (χ0) is 8.10. The molecule has 0 spiro atoms. The van der Waals surface area contributed by atoms with Gasteiger partial charge < -0.3 is 10.6 Å². The third-order valence-corrected chi connectivity index (χ3v) is 2.37. The van der Waals surface area contributed by atoms with E-state index in [-0.39, 0.29) is 0 Å². The highest BCUT2D eigenvalue weighted by molar-refractivity contribution is 4.89. The molecule has 0 aromatic heterocycles. The third-order valence-electron chi connectivity index (χ3n) is 2.37. The maximum atomic E-state index is 3.54. The Morgan fingerprint density at radius 1 is 1.27 bits per heavy atom. The van der Waals surface area contributed by atoms with E-state index in [0.717, 1.165) is 18.5 Å². The average molecular weight is 156 g/mol. The summed E-state index contributed by atoms with van der Waals surface area (Å²) in [5.74, 6) is 0.944. The molecule has 0 heterocycles. The Bertz CT molecular complexity index is 104. The molecule has 1 fully saturated rings.